The van der Waals surface area contributed by atoms with E-state index < -0.39 is 0 Å². The van der Waals surface area contributed by atoms with Crippen LogP contribution in [0.4, 0.5) is 5.82 Å². The van der Waals surface area contributed by atoms with Crippen molar-refractivity contribution in [3.8, 4) is 0 Å². The minimum atomic E-state index is 0.471. The Morgan fingerprint density at radius 3 is 2.59 bits per heavy atom. The Balaban J connectivity index is 1.80. The molecule has 0 bridgehead atoms. The molecule has 118 valence electrons. The predicted molar refractivity (Wildman–Crippen MR) is 93.4 cm³/mol. The van der Waals surface area contributed by atoms with Crippen molar-refractivity contribution in [3.63, 3.8) is 0 Å². The number of benzene rings is 1. The summed E-state index contributed by atoms with van der Waals surface area (Å²) in [6.07, 6.45) is 1.02. The SMILES string of the molecule is CCc1cccc2ccc(N3CCN(C(C)CN)CC3)nc12. The third kappa shape index (κ3) is 2.94. The highest BCUT2D eigenvalue weighted by atomic mass is 15.3. The van der Waals surface area contributed by atoms with Crippen LogP contribution >= 0.6 is 0 Å². The summed E-state index contributed by atoms with van der Waals surface area (Å²) in [5, 5.41) is 1.23. The lowest BCUT2D eigenvalue weighted by atomic mass is 10.1. The Kier molecular flexibility index (Phi) is 4.60. The third-order valence-electron chi connectivity index (χ3n) is 4.77. The summed E-state index contributed by atoms with van der Waals surface area (Å²) in [4.78, 5) is 9.80. The molecular formula is C18H26N4. The van der Waals surface area contributed by atoms with Crippen LogP contribution in [0.5, 0.6) is 0 Å². The molecule has 3 rings (SSSR count). The van der Waals surface area contributed by atoms with Crippen LogP contribution in [0.25, 0.3) is 10.9 Å². The molecule has 0 radical (unpaired) electrons. The van der Waals surface area contributed by atoms with E-state index in [-0.39, 0.29) is 0 Å². The van der Waals surface area contributed by atoms with Gasteiger partial charge in [-0.25, -0.2) is 4.98 Å². The largest absolute Gasteiger partial charge is 0.354 e. The molecule has 0 amide bonds. The number of piperazine rings is 1. The van der Waals surface area contributed by atoms with E-state index in [9.17, 15) is 0 Å². The van der Waals surface area contributed by atoms with Gasteiger partial charge in [-0.3, -0.25) is 4.90 Å². The van der Waals surface area contributed by atoms with Crippen LogP contribution in [0.15, 0.2) is 30.3 Å². The number of para-hydroxylation sites is 1. The molecular weight excluding hydrogens is 272 g/mol. The van der Waals surface area contributed by atoms with Crippen LogP contribution in [0.1, 0.15) is 19.4 Å². The smallest absolute Gasteiger partial charge is 0.129 e. The standard InChI is InChI=1S/C18H26N4/c1-3-15-5-4-6-16-7-8-17(20-18(15)16)22-11-9-21(10-12-22)14(2)13-19/h4-8,14H,3,9-13,19H2,1-2H3. The maximum Gasteiger partial charge on any atom is 0.129 e. The molecule has 0 aliphatic carbocycles. The Labute approximate surface area is 132 Å². The van der Waals surface area contributed by atoms with Gasteiger partial charge < -0.3 is 10.6 Å². The van der Waals surface area contributed by atoms with Crippen LogP contribution in [-0.4, -0.2) is 48.6 Å². The number of fused-ring (bicyclic) bond motifs is 1. The molecule has 1 aromatic carbocycles. The van der Waals surface area contributed by atoms with Gasteiger partial charge in [-0.1, -0.05) is 25.1 Å². The van der Waals surface area contributed by atoms with Crippen molar-refractivity contribution in [1.82, 2.24) is 9.88 Å². The van der Waals surface area contributed by atoms with E-state index in [1.807, 2.05) is 0 Å². The minimum Gasteiger partial charge on any atom is -0.354 e. The van der Waals surface area contributed by atoms with E-state index in [1.54, 1.807) is 0 Å². The monoisotopic (exact) mass is 298 g/mol. The zero-order chi connectivity index (χ0) is 15.5. The van der Waals surface area contributed by atoms with Gasteiger partial charge in [0.25, 0.3) is 0 Å². The molecule has 22 heavy (non-hydrogen) atoms. The normalized spacial score (nSPS) is 17.9. The van der Waals surface area contributed by atoms with E-state index >= 15 is 0 Å². The summed E-state index contributed by atoms with van der Waals surface area (Å²) in [6, 6.07) is 11.3. The number of hydrogen-bond acceptors (Lipinski definition) is 4. The topological polar surface area (TPSA) is 45.4 Å². The lowest BCUT2D eigenvalue weighted by Gasteiger charge is -2.38. The van der Waals surface area contributed by atoms with Crippen molar-refractivity contribution in [2.45, 2.75) is 26.3 Å². The summed E-state index contributed by atoms with van der Waals surface area (Å²) in [5.41, 5.74) is 8.26. The fourth-order valence-electron chi connectivity index (χ4n) is 3.20. The second-order valence-electron chi connectivity index (χ2n) is 6.12. The second kappa shape index (κ2) is 6.63. The Hall–Kier alpha value is -1.65. The minimum absolute atomic E-state index is 0.471. The van der Waals surface area contributed by atoms with E-state index in [0.717, 1.165) is 50.5 Å². The van der Waals surface area contributed by atoms with Gasteiger partial charge in [-0.05, 0) is 31.0 Å². The van der Waals surface area contributed by atoms with E-state index in [2.05, 4.69) is 54.0 Å². The highest BCUT2D eigenvalue weighted by molar-refractivity contribution is 5.83. The first kappa shape index (κ1) is 15.3. The van der Waals surface area contributed by atoms with E-state index in [1.165, 1.54) is 10.9 Å². The number of anilines is 1. The number of aryl methyl sites for hydroxylation is 1. The fraction of sp³-hybridized carbons (Fsp3) is 0.500. The van der Waals surface area contributed by atoms with Crippen LogP contribution < -0.4 is 10.6 Å². The molecule has 1 aliphatic heterocycles. The van der Waals surface area contributed by atoms with Crippen molar-refractivity contribution in [2.24, 2.45) is 5.73 Å². The van der Waals surface area contributed by atoms with Crippen molar-refractivity contribution < 1.29 is 0 Å². The predicted octanol–water partition coefficient (Wildman–Crippen LogP) is 2.27. The van der Waals surface area contributed by atoms with Gasteiger partial charge in [-0.15, -0.1) is 0 Å². The molecule has 2 aromatic rings. The molecule has 1 saturated heterocycles. The first-order valence-electron chi connectivity index (χ1n) is 8.30. The quantitative estimate of drug-likeness (QED) is 0.940. The molecule has 1 unspecified atom stereocenters. The van der Waals surface area contributed by atoms with Crippen LogP contribution in [-0.2, 0) is 6.42 Å². The van der Waals surface area contributed by atoms with E-state index in [4.69, 9.17) is 10.7 Å². The molecule has 0 saturated carbocycles. The second-order valence-corrected chi connectivity index (χ2v) is 6.12. The Bertz CT molecular complexity index is 632. The van der Waals surface area contributed by atoms with Gasteiger partial charge in [0.2, 0.25) is 0 Å². The van der Waals surface area contributed by atoms with Crippen molar-refractivity contribution in [2.75, 3.05) is 37.6 Å². The maximum absolute atomic E-state index is 5.78. The number of hydrogen-bond donors (Lipinski definition) is 1. The van der Waals surface area contributed by atoms with Crippen LogP contribution in [0, 0.1) is 0 Å². The van der Waals surface area contributed by atoms with Crippen LogP contribution in [0.2, 0.25) is 0 Å². The highest BCUT2D eigenvalue weighted by Crippen LogP contribution is 2.22. The molecule has 1 aliphatic rings. The summed E-state index contributed by atoms with van der Waals surface area (Å²) in [7, 11) is 0. The molecule has 2 heterocycles. The molecule has 1 atom stereocenters. The Morgan fingerprint density at radius 1 is 1.14 bits per heavy atom. The summed E-state index contributed by atoms with van der Waals surface area (Å²) >= 11 is 0. The molecule has 2 N–H and O–H groups in total. The van der Waals surface area contributed by atoms with Gasteiger partial charge in [0, 0.05) is 44.2 Å². The summed E-state index contributed by atoms with van der Waals surface area (Å²) < 4.78 is 0. The van der Waals surface area contributed by atoms with Crippen LogP contribution in [0.3, 0.4) is 0 Å². The highest BCUT2D eigenvalue weighted by Gasteiger charge is 2.21. The van der Waals surface area contributed by atoms with Crippen molar-refractivity contribution >= 4 is 16.7 Å². The molecule has 1 aromatic heterocycles. The number of rotatable bonds is 4. The fourth-order valence-corrected chi connectivity index (χ4v) is 3.20. The number of aromatic nitrogens is 1. The number of nitrogens with zero attached hydrogens (tertiary/aromatic N) is 3. The molecule has 4 nitrogen and oxygen atoms in total. The van der Waals surface area contributed by atoms with Crippen molar-refractivity contribution in [1.29, 1.82) is 0 Å². The number of pyridine rings is 1. The first-order valence-corrected chi connectivity index (χ1v) is 8.30. The Morgan fingerprint density at radius 2 is 1.91 bits per heavy atom. The number of nitrogens with two attached hydrogens (primary N) is 1. The molecule has 0 spiro atoms. The lowest BCUT2D eigenvalue weighted by Crippen LogP contribution is -2.51. The van der Waals surface area contributed by atoms with E-state index in [0.29, 0.717) is 6.04 Å². The maximum atomic E-state index is 5.78. The third-order valence-corrected chi connectivity index (χ3v) is 4.77. The first-order chi connectivity index (χ1) is 10.7. The molecule has 1 fully saturated rings. The summed E-state index contributed by atoms with van der Waals surface area (Å²) in [6.45, 7) is 9.30. The average molecular weight is 298 g/mol. The van der Waals surface area contributed by atoms with Crippen molar-refractivity contribution in [3.05, 3.63) is 35.9 Å². The zero-order valence-electron chi connectivity index (χ0n) is 13.6. The summed E-state index contributed by atoms with van der Waals surface area (Å²) in [5.74, 6) is 1.11. The lowest BCUT2D eigenvalue weighted by molar-refractivity contribution is 0.201. The average Bonchev–Trinajstić information content (AvgIpc) is 2.60. The molecule has 4 heteroatoms. The van der Waals surface area contributed by atoms with Gasteiger partial charge >= 0.3 is 0 Å². The zero-order valence-corrected chi connectivity index (χ0v) is 13.6. The van der Waals surface area contributed by atoms with Gasteiger partial charge in [0.05, 0.1) is 5.52 Å². The van der Waals surface area contributed by atoms with Gasteiger partial charge in [-0.2, -0.15) is 0 Å². The van der Waals surface area contributed by atoms with Gasteiger partial charge in [0.15, 0.2) is 0 Å². The van der Waals surface area contributed by atoms with Gasteiger partial charge in [0.1, 0.15) is 5.82 Å².